The molecule has 0 atom stereocenters. The number of ether oxygens (including phenoxy) is 1. The fourth-order valence-electron chi connectivity index (χ4n) is 0.799. The maximum absolute atomic E-state index is 12.9. The Bertz CT molecular complexity index is 386. The van der Waals surface area contributed by atoms with Gasteiger partial charge >= 0.3 is 5.97 Å². The third-order valence-electron chi connectivity index (χ3n) is 1.58. The second-order valence-corrected chi connectivity index (χ2v) is 2.71. The van der Waals surface area contributed by atoms with Gasteiger partial charge < -0.3 is 4.74 Å². The summed E-state index contributed by atoms with van der Waals surface area (Å²) in [6.45, 7) is 4.32. The molecule has 2 nitrogen and oxygen atoms in total. The van der Waals surface area contributed by atoms with E-state index in [-0.39, 0.29) is 5.75 Å². The highest BCUT2D eigenvalue weighted by atomic mass is 19.1. The van der Waals surface area contributed by atoms with Gasteiger partial charge in [-0.25, -0.2) is 9.18 Å². The van der Waals surface area contributed by atoms with Crippen LogP contribution in [0.5, 0.6) is 5.75 Å². The molecule has 1 rings (SSSR count). The van der Waals surface area contributed by atoms with Crippen LogP contribution in [-0.4, -0.2) is 5.97 Å². The van der Waals surface area contributed by atoms with Gasteiger partial charge in [0.1, 0.15) is 11.6 Å². The molecular weight excluding hydrogens is 190 g/mol. The van der Waals surface area contributed by atoms with E-state index in [0.717, 1.165) is 6.07 Å². The lowest BCUT2D eigenvalue weighted by molar-refractivity contribution is -0.131. The molecule has 0 radical (unpaired) electrons. The van der Waals surface area contributed by atoms with E-state index in [9.17, 15) is 13.6 Å². The van der Waals surface area contributed by atoms with Crippen LogP contribution < -0.4 is 4.74 Å². The zero-order valence-electron chi connectivity index (χ0n) is 7.51. The molecule has 0 bridgehead atoms. The van der Waals surface area contributed by atoms with Crippen LogP contribution in [0.25, 0.3) is 0 Å². The molecule has 0 aliphatic carbocycles. The minimum atomic E-state index is -1.22. The Morgan fingerprint density at radius 1 is 1.50 bits per heavy atom. The van der Waals surface area contributed by atoms with Crippen molar-refractivity contribution in [2.24, 2.45) is 0 Å². The van der Waals surface area contributed by atoms with Gasteiger partial charge in [0.15, 0.2) is 0 Å². The van der Waals surface area contributed by atoms with Gasteiger partial charge in [-0.15, -0.1) is 0 Å². The van der Waals surface area contributed by atoms with Crippen molar-refractivity contribution >= 4 is 5.97 Å². The van der Waals surface area contributed by atoms with Crippen LogP contribution in [0.1, 0.15) is 5.56 Å². The highest BCUT2D eigenvalue weighted by molar-refractivity contribution is 5.87. The fraction of sp³-hybridized carbons (Fsp3) is 0.100. The number of benzene rings is 1. The first kappa shape index (κ1) is 10.4. The first-order chi connectivity index (χ1) is 6.50. The van der Waals surface area contributed by atoms with Crippen molar-refractivity contribution in [3.05, 3.63) is 42.0 Å². The highest BCUT2D eigenvalue weighted by Crippen LogP contribution is 2.16. The Hall–Kier alpha value is -1.71. The molecule has 1 aromatic rings. The Balaban J connectivity index is 2.83. The maximum Gasteiger partial charge on any atom is 0.371 e. The van der Waals surface area contributed by atoms with Crippen LogP contribution in [0.3, 0.4) is 0 Å². The van der Waals surface area contributed by atoms with Crippen LogP contribution in [0, 0.1) is 12.7 Å². The van der Waals surface area contributed by atoms with Crippen molar-refractivity contribution in [2.45, 2.75) is 6.92 Å². The first-order valence-electron chi connectivity index (χ1n) is 3.83. The summed E-state index contributed by atoms with van der Waals surface area (Å²) in [5, 5.41) is 0. The normalized spacial score (nSPS) is 9.64. The van der Waals surface area contributed by atoms with E-state index in [0.29, 0.717) is 5.56 Å². The van der Waals surface area contributed by atoms with Gasteiger partial charge in [0, 0.05) is 6.07 Å². The number of esters is 1. The second kappa shape index (κ2) is 4.00. The van der Waals surface area contributed by atoms with Gasteiger partial charge in [0.25, 0.3) is 0 Å². The van der Waals surface area contributed by atoms with Crippen molar-refractivity contribution in [3.8, 4) is 5.75 Å². The van der Waals surface area contributed by atoms with Gasteiger partial charge in [-0.3, -0.25) is 0 Å². The summed E-state index contributed by atoms with van der Waals surface area (Å²) in [4.78, 5) is 10.7. The first-order valence-corrected chi connectivity index (χ1v) is 3.83. The quantitative estimate of drug-likeness (QED) is 0.414. The third kappa shape index (κ3) is 2.39. The summed E-state index contributed by atoms with van der Waals surface area (Å²) >= 11 is 0. The van der Waals surface area contributed by atoms with Crippen molar-refractivity contribution in [3.63, 3.8) is 0 Å². The zero-order valence-corrected chi connectivity index (χ0v) is 7.51. The predicted octanol–water partition coefficient (Wildman–Crippen LogP) is 2.52. The number of rotatable bonds is 2. The number of hydrogen-bond acceptors (Lipinski definition) is 2. The number of hydrogen-bond donors (Lipinski definition) is 0. The van der Waals surface area contributed by atoms with Gasteiger partial charge in [0.2, 0.25) is 5.83 Å². The molecule has 1 aromatic carbocycles. The van der Waals surface area contributed by atoms with Crippen molar-refractivity contribution in [2.75, 3.05) is 0 Å². The molecule has 0 N–H and O–H groups in total. The lowest BCUT2D eigenvalue weighted by atomic mass is 10.2. The molecular formula is C10H8F2O2. The summed E-state index contributed by atoms with van der Waals surface area (Å²) in [5.74, 6) is -2.99. The Morgan fingerprint density at radius 3 is 2.64 bits per heavy atom. The lowest BCUT2D eigenvalue weighted by Gasteiger charge is -2.03. The van der Waals surface area contributed by atoms with Crippen LogP contribution >= 0.6 is 0 Å². The minimum absolute atomic E-state index is 0.0445. The predicted molar refractivity (Wildman–Crippen MR) is 47.0 cm³/mol. The average Bonchev–Trinajstić information content (AvgIpc) is 2.11. The third-order valence-corrected chi connectivity index (χ3v) is 1.58. The molecule has 4 heteroatoms. The largest absolute Gasteiger partial charge is 0.421 e. The van der Waals surface area contributed by atoms with Crippen LogP contribution in [0.4, 0.5) is 8.78 Å². The fourth-order valence-corrected chi connectivity index (χ4v) is 0.799. The number of carbonyl (C=O) groups excluding carboxylic acids is 1. The van der Waals surface area contributed by atoms with Crippen LogP contribution in [0.15, 0.2) is 30.6 Å². The average molecular weight is 198 g/mol. The van der Waals surface area contributed by atoms with Gasteiger partial charge in [-0.2, -0.15) is 4.39 Å². The molecule has 0 amide bonds. The molecule has 0 aromatic heterocycles. The van der Waals surface area contributed by atoms with E-state index in [1.54, 1.807) is 6.92 Å². The number of aryl methyl sites for hydroxylation is 1. The zero-order chi connectivity index (χ0) is 10.7. The van der Waals surface area contributed by atoms with E-state index >= 15 is 0 Å². The summed E-state index contributed by atoms with van der Waals surface area (Å²) in [5.41, 5.74) is 0.420. The summed E-state index contributed by atoms with van der Waals surface area (Å²) in [6, 6.07) is 3.81. The van der Waals surface area contributed by atoms with Crippen molar-refractivity contribution in [1.82, 2.24) is 0 Å². The van der Waals surface area contributed by atoms with Crippen LogP contribution in [0.2, 0.25) is 0 Å². The summed E-state index contributed by atoms with van der Waals surface area (Å²) in [7, 11) is 0. The molecule has 0 heterocycles. The van der Waals surface area contributed by atoms with Crippen molar-refractivity contribution in [1.29, 1.82) is 0 Å². The maximum atomic E-state index is 12.9. The minimum Gasteiger partial charge on any atom is -0.421 e. The van der Waals surface area contributed by atoms with E-state index in [1.807, 2.05) is 0 Å². The van der Waals surface area contributed by atoms with Gasteiger partial charge in [-0.1, -0.05) is 12.6 Å². The molecule has 0 aliphatic heterocycles. The van der Waals surface area contributed by atoms with E-state index in [2.05, 4.69) is 11.3 Å². The number of carbonyl (C=O) groups is 1. The van der Waals surface area contributed by atoms with Gasteiger partial charge in [-0.05, 0) is 18.6 Å². The molecule has 14 heavy (non-hydrogen) atoms. The van der Waals surface area contributed by atoms with E-state index in [4.69, 9.17) is 0 Å². The second-order valence-electron chi connectivity index (χ2n) is 2.71. The Morgan fingerprint density at radius 2 is 2.14 bits per heavy atom. The molecule has 0 fully saturated rings. The Kier molecular flexibility index (Phi) is 2.96. The highest BCUT2D eigenvalue weighted by Gasteiger charge is 2.09. The standard InChI is InChI=1S/C10H8F2O2/c1-6-3-4-8(5-9(6)12)14-10(13)7(2)11/h3-5H,2H2,1H3. The number of halogens is 2. The SMILES string of the molecule is C=C(F)C(=O)Oc1ccc(C)c(F)c1. The molecule has 0 spiro atoms. The van der Waals surface area contributed by atoms with Crippen molar-refractivity contribution < 1.29 is 18.3 Å². The molecule has 0 aliphatic rings. The molecule has 0 saturated carbocycles. The monoisotopic (exact) mass is 198 g/mol. The van der Waals surface area contributed by atoms with E-state index < -0.39 is 17.6 Å². The van der Waals surface area contributed by atoms with Crippen LogP contribution in [-0.2, 0) is 4.79 Å². The molecule has 74 valence electrons. The Labute approximate surface area is 79.8 Å². The summed E-state index contributed by atoms with van der Waals surface area (Å²) < 4.78 is 29.6. The van der Waals surface area contributed by atoms with E-state index in [1.165, 1.54) is 12.1 Å². The molecule has 0 saturated heterocycles. The lowest BCUT2D eigenvalue weighted by Crippen LogP contribution is -2.07. The molecule has 0 unspecified atom stereocenters. The summed E-state index contributed by atoms with van der Waals surface area (Å²) in [6.07, 6.45) is 0. The topological polar surface area (TPSA) is 26.3 Å². The van der Waals surface area contributed by atoms with Gasteiger partial charge in [0.05, 0.1) is 0 Å². The smallest absolute Gasteiger partial charge is 0.371 e.